The van der Waals surface area contributed by atoms with Gasteiger partial charge < -0.3 is 25.2 Å². The van der Waals surface area contributed by atoms with Crippen molar-refractivity contribution in [1.82, 2.24) is 10.2 Å². The van der Waals surface area contributed by atoms with Gasteiger partial charge in [0.2, 0.25) is 6.41 Å². The van der Waals surface area contributed by atoms with Crippen LogP contribution in [0.3, 0.4) is 0 Å². The highest BCUT2D eigenvalue weighted by atomic mass is 16.6. The minimum absolute atomic E-state index is 0.0230. The molecule has 0 aliphatic heterocycles. The molecule has 0 bridgehead atoms. The molecule has 0 radical (unpaired) electrons. The number of amides is 2. The zero-order valence-electron chi connectivity index (χ0n) is 15.2. The molecule has 0 aromatic heterocycles. The molecule has 144 valence electrons. The summed E-state index contributed by atoms with van der Waals surface area (Å²) in [7, 11) is 1.65. The lowest BCUT2D eigenvalue weighted by Crippen LogP contribution is -2.38. The van der Waals surface area contributed by atoms with Crippen LogP contribution < -0.4 is 11.1 Å². The van der Waals surface area contributed by atoms with E-state index in [9.17, 15) is 19.5 Å². The van der Waals surface area contributed by atoms with E-state index in [-0.39, 0.29) is 32.0 Å². The Morgan fingerprint density at radius 1 is 1.28 bits per heavy atom. The molecule has 3 unspecified atom stereocenters. The van der Waals surface area contributed by atoms with E-state index in [2.05, 4.69) is 0 Å². The number of hydrogen-bond acceptors (Lipinski definition) is 8. The van der Waals surface area contributed by atoms with Crippen LogP contribution in [0.1, 0.15) is 27.2 Å². The number of nitrogens with two attached hydrogens (primary N) is 1. The van der Waals surface area contributed by atoms with E-state index < -0.39 is 30.3 Å². The molecule has 9 nitrogen and oxygen atoms in total. The number of aliphatic hydroxyl groups excluding tert-OH is 1. The predicted molar refractivity (Wildman–Crippen MR) is 90.9 cm³/mol. The smallest absolute Gasteiger partial charge is 0.323 e. The number of aliphatic hydroxyl groups is 1. The average molecular weight is 359 g/mol. The maximum absolute atomic E-state index is 11.6. The molecule has 0 spiro atoms. The normalized spacial score (nSPS) is 14.8. The standard InChI is InChI=1S/C16H29N3O6/c1-11(2)15(17)16(23)25-8-7-24-14(9-12(3)21)19(4)6-5-13(22)18-10-20/h5-6,10-12,14-15,21H,7-9,17H2,1-4H3,(H,18,20,22)/b6-5-. The van der Waals surface area contributed by atoms with Gasteiger partial charge in [0.1, 0.15) is 18.9 Å². The summed E-state index contributed by atoms with van der Waals surface area (Å²) in [5, 5.41) is 11.5. The van der Waals surface area contributed by atoms with Gasteiger partial charge in [-0.05, 0) is 12.8 Å². The molecule has 4 N–H and O–H groups in total. The number of nitrogens with zero attached hydrogens (tertiary/aromatic N) is 1. The fourth-order valence-electron chi connectivity index (χ4n) is 1.73. The summed E-state index contributed by atoms with van der Waals surface area (Å²) in [6.45, 7) is 5.38. The number of rotatable bonds is 12. The van der Waals surface area contributed by atoms with E-state index in [1.807, 2.05) is 19.2 Å². The Hall–Kier alpha value is -1.97. The third kappa shape index (κ3) is 10.5. The first-order chi connectivity index (χ1) is 11.7. The van der Waals surface area contributed by atoms with Gasteiger partial charge in [0.25, 0.3) is 5.91 Å². The van der Waals surface area contributed by atoms with Crippen molar-refractivity contribution in [2.24, 2.45) is 11.7 Å². The van der Waals surface area contributed by atoms with Crippen molar-refractivity contribution in [2.45, 2.75) is 45.6 Å². The summed E-state index contributed by atoms with van der Waals surface area (Å²) in [4.78, 5) is 34.6. The first kappa shape index (κ1) is 23.0. The Morgan fingerprint density at radius 3 is 2.44 bits per heavy atom. The fourth-order valence-corrected chi connectivity index (χ4v) is 1.73. The van der Waals surface area contributed by atoms with Crippen LogP contribution in [-0.2, 0) is 23.9 Å². The van der Waals surface area contributed by atoms with Gasteiger partial charge in [0.15, 0.2) is 0 Å². The Labute approximate surface area is 148 Å². The number of ether oxygens (including phenoxy) is 2. The molecule has 3 atom stereocenters. The lowest BCUT2D eigenvalue weighted by atomic mass is 10.1. The van der Waals surface area contributed by atoms with Crippen LogP contribution in [0, 0.1) is 5.92 Å². The van der Waals surface area contributed by atoms with E-state index in [0.717, 1.165) is 6.08 Å². The van der Waals surface area contributed by atoms with Crippen molar-refractivity contribution >= 4 is 18.3 Å². The molecule has 0 rings (SSSR count). The van der Waals surface area contributed by atoms with Crippen molar-refractivity contribution in [2.75, 3.05) is 20.3 Å². The lowest BCUT2D eigenvalue weighted by molar-refractivity contribution is -0.150. The molecule has 0 heterocycles. The molecule has 2 amide bonds. The van der Waals surface area contributed by atoms with E-state index in [1.54, 1.807) is 18.9 Å². The van der Waals surface area contributed by atoms with Crippen LogP contribution in [-0.4, -0.2) is 66.9 Å². The highest BCUT2D eigenvalue weighted by molar-refractivity contribution is 5.94. The number of esters is 1. The monoisotopic (exact) mass is 359 g/mol. The zero-order valence-corrected chi connectivity index (χ0v) is 15.2. The van der Waals surface area contributed by atoms with Gasteiger partial charge in [-0.1, -0.05) is 13.8 Å². The van der Waals surface area contributed by atoms with Crippen molar-refractivity contribution in [3.05, 3.63) is 12.3 Å². The number of carbonyl (C=O) groups is 3. The third-order valence-corrected chi connectivity index (χ3v) is 3.29. The first-order valence-corrected chi connectivity index (χ1v) is 8.05. The van der Waals surface area contributed by atoms with Crippen LogP contribution >= 0.6 is 0 Å². The van der Waals surface area contributed by atoms with Gasteiger partial charge in [-0.3, -0.25) is 19.7 Å². The average Bonchev–Trinajstić information content (AvgIpc) is 2.54. The maximum Gasteiger partial charge on any atom is 0.323 e. The zero-order chi connectivity index (χ0) is 19.4. The Kier molecular flexibility index (Phi) is 11.4. The molecule has 0 saturated heterocycles. The topological polar surface area (TPSA) is 131 Å². The van der Waals surface area contributed by atoms with Gasteiger partial charge in [0, 0.05) is 25.7 Å². The highest BCUT2D eigenvalue weighted by Gasteiger charge is 2.19. The number of imide groups is 1. The second-order valence-corrected chi connectivity index (χ2v) is 5.96. The number of carbonyl (C=O) groups excluding carboxylic acids is 3. The second-order valence-electron chi connectivity index (χ2n) is 5.96. The van der Waals surface area contributed by atoms with Gasteiger partial charge in [-0.25, -0.2) is 0 Å². The van der Waals surface area contributed by atoms with E-state index in [4.69, 9.17) is 15.2 Å². The van der Waals surface area contributed by atoms with Crippen LogP contribution in [0.4, 0.5) is 0 Å². The molecule has 0 aromatic rings. The molecular weight excluding hydrogens is 330 g/mol. The minimum Gasteiger partial charge on any atom is -0.462 e. The predicted octanol–water partition coefficient (Wildman–Crippen LogP) is -0.655. The summed E-state index contributed by atoms with van der Waals surface area (Å²) in [6, 6.07) is -0.685. The van der Waals surface area contributed by atoms with Crippen molar-refractivity contribution in [3.63, 3.8) is 0 Å². The summed E-state index contributed by atoms with van der Waals surface area (Å²) < 4.78 is 10.6. The highest BCUT2D eigenvalue weighted by Crippen LogP contribution is 2.08. The van der Waals surface area contributed by atoms with Gasteiger partial charge in [0.05, 0.1) is 12.7 Å². The molecule has 0 fully saturated rings. The number of hydrogen-bond donors (Lipinski definition) is 3. The van der Waals surface area contributed by atoms with E-state index >= 15 is 0 Å². The maximum atomic E-state index is 11.6. The van der Waals surface area contributed by atoms with Crippen LogP contribution in [0.5, 0.6) is 0 Å². The third-order valence-electron chi connectivity index (χ3n) is 3.29. The molecular formula is C16H29N3O6. The molecule has 9 heteroatoms. The molecule has 0 aliphatic rings. The van der Waals surface area contributed by atoms with Crippen molar-refractivity contribution in [3.8, 4) is 0 Å². The molecule has 0 saturated carbocycles. The van der Waals surface area contributed by atoms with Gasteiger partial charge >= 0.3 is 5.97 Å². The van der Waals surface area contributed by atoms with Crippen molar-refractivity contribution in [1.29, 1.82) is 0 Å². The first-order valence-electron chi connectivity index (χ1n) is 8.05. The summed E-state index contributed by atoms with van der Waals surface area (Å²) in [5.41, 5.74) is 5.68. The Balaban J connectivity index is 4.46. The van der Waals surface area contributed by atoms with Gasteiger partial charge in [-0.15, -0.1) is 0 Å². The van der Waals surface area contributed by atoms with Crippen LogP contribution in [0.15, 0.2) is 12.3 Å². The Bertz CT molecular complexity index is 453. The lowest BCUT2D eigenvalue weighted by Gasteiger charge is -2.28. The minimum atomic E-state index is -0.685. The van der Waals surface area contributed by atoms with E-state index in [1.165, 1.54) is 6.20 Å². The molecule has 25 heavy (non-hydrogen) atoms. The molecule has 0 aromatic carbocycles. The fraction of sp³-hybridized carbons (Fsp3) is 0.688. The van der Waals surface area contributed by atoms with Crippen molar-refractivity contribution < 1.29 is 29.0 Å². The summed E-state index contributed by atoms with van der Waals surface area (Å²) >= 11 is 0. The molecule has 0 aliphatic carbocycles. The second kappa shape index (κ2) is 12.4. The van der Waals surface area contributed by atoms with E-state index in [0.29, 0.717) is 0 Å². The SMILES string of the molecule is CC(O)CC(OCCOC(=O)C(N)C(C)C)N(C)/C=C\C(=O)NC=O. The van der Waals surface area contributed by atoms with Gasteiger partial charge in [-0.2, -0.15) is 0 Å². The largest absolute Gasteiger partial charge is 0.462 e. The van der Waals surface area contributed by atoms with Crippen LogP contribution in [0.2, 0.25) is 0 Å². The Morgan fingerprint density at radius 2 is 1.92 bits per heavy atom. The van der Waals surface area contributed by atoms with Crippen LogP contribution in [0.25, 0.3) is 0 Å². The quantitative estimate of drug-likeness (QED) is 0.138. The number of nitrogens with one attached hydrogen (secondary N) is 1. The summed E-state index contributed by atoms with van der Waals surface area (Å²) in [6.07, 6.45) is 1.96. The summed E-state index contributed by atoms with van der Waals surface area (Å²) in [5.74, 6) is -1.09.